The van der Waals surface area contributed by atoms with Gasteiger partial charge in [0.15, 0.2) is 5.65 Å². The van der Waals surface area contributed by atoms with Crippen molar-refractivity contribution in [1.29, 1.82) is 0 Å². The molecule has 0 saturated carbocycles. The fraction of sp³-hybridized carbons (Fsp3) is 0.409. The van der Waals surface area contributed by atoms with E-state index in [1.54, 1.807) is 6.07 Å². The number of aromatic amines is 1. The summed E-state index contributed by atoms with van der Waals surface area (Å²) in [7, 11) is 0. The van der Waals surface area contributed by atoms with Gasteiger partial charge in [-0.05, 0) is 31.2 Å². The average molecular weight is 392 g/mol. The molecule has 1 N–H and O–H groups in total. The van der Waals surface area contributed by atoms with Gasteiger partial charge in [-0.1, -0.05) is 30.3 Å². The molecule has 5 rings (SSSR count). The molecule has 2 aromatic heterocycles. The highest BCUT2D eigenvalue weighted by molar-refractivity contribution is 5.81. The molecule has 0 spiro atoms. The fourth-order valence-corrected chi connectivity index (χ4v) is 4.36. The minimum Gasteiger partial charge on any atom is -0.368 e. The Bertz CT molecular complexity index is 1070. The molecule has 4 heterocycles. The number of ether oxygens (including phenoxy) is 1. The van der Waals surface area contributed by atoms with Crippen LogP contribution in [-0.4, -0.2) is 51.2 Å². The molecule has 29 heavy (non-hydrogen) atoms. The van der Waals surface area contributed by atoms with Crippen LogP contribution in [0.4, 0.5) is 0 Å². The van der Waals surface area contributed by atoms with Crippen molar-refractivity contribution in [2.75, 3.05) is 19.7 Å². The third-order valence-corrected chi connectivity index (χ3v) is 5.99. The molecule has 0 bridgehead atoms. The van der Waals surface area contributed by atoms with E-state index < -0.39 is 0 Å². The first-order valence-electron chi connectivity index (χ1n) is 10.3. The van der Waals surface area contributed by atoms with Gasteiger partial charge in [0.05, 0.1) is 11.4 Å². The molecule has 2 fully saturated rings. The Morgan fingerprint density at radius 1 is 1.10 bits per heavy atom. The van der Waals surface area contributed by atoms with E-state index in [0.29, 0.717) is 25.3 Å². The Balaban J connectivity index is 1.34. The van der Waals surface area contributed by atoms with Crippen molar-refractivity contribution in [2.24, 2.45) is 0 Å². The molecule has 1 amide bonds. The van der Waals surface area contributed by atoms with E-state index in [0.717, 1.165) is 42.6 Å². The van der Waals surface area contributed by atoms with Crippen molar-refractivity contribution in [2.45, 2.75) is 37.7 Å². The number of amides is 1. The minimum absolute atomic E-state index is 0.106. The number of benzene rings is 1. The van der Waals surface area contributed by atoms with E-state index in [4.69, 9.17) is 9.72 Å². The Morgan fingerprint density at radius 3 is 2.62 bits per heavy atom. The lowest BCUT2D eigenvalue weighted by molar-refractivity contribution is -0.142. The van der Waals surface area contributed by atoms with Crippen LogP contribution in [0.15, 0.2) is 47.3 Å². The number of nitrogens with one attached hydrogen (secondary N) is 1. The van der Waals surface area contributed by atoms with Gasteiger partial charge in [-0.2, -0.15) is 0 Å². The fourth-order valence-electron chi connectivity index (χ4n) is 4.36. The van der Waals surface area contributed by atoms with Crippen LogP contribution in [0.25, 0.3) is 16.9 Å². The largest absolute Gasteiger partial charge is 0.368 e. The number of hydrogen-bond acceptors (Lipinski definition) is 4. The highest BCUT2D eigenvalue weighted by Crippen LogP contribution is 2.28. The topological polar surface area (TPSA) is 79.7 Å². The Labute approximate surface area is 168 Å². The van der Waals surface area contributed by atoms with E-state index in [2.05, 4.69) is 5.10 Å². The highest BCUT2D eigenvalue weighted by atomic mass is 16.5. The molecule has 1 aromatic carbocycles. The van der Waals surface area contributed by atoms with Crippen LogP contribution in [0.5, 0.6) is 0 Å². The Kier molecular flexibility index (Phi) is 4.67. The van der Waals surface area contributed by atoms with Gasteiger partial charge >= 0.3 is 0 Å². The molecular weight excluding hydrogens is 368 g/mol. The number of aromatic nitrogens is 3. The summed E-state index contributed by atoms with van der Waals surface area (Å²) in [6.07, 6.45) is 3.16. The first-order valence-corrected chi connectivity index (χ1v) is 10.3. The van der Waals surface area contributed by atoms with Gasteiger partial charge in [0.2, 0.25) is 0 Å². The quantitative estimate of drug-likeness (QED) is 0.743. The second kappa shape index (κ2) is 7.48. The van der Waals surface area contributed by atoms with E-state index >= 15 is 0 Å². The third kappa shape index (κ3) is 3.46. The van der Waals surface area contributed by atoms with Crippen LogP contribution in [-0.2, 0) is 9.53 Å². The second-order valence-corrected chi connectivity index (χ2v) is 7.85. The van der Waals surface area contributed by atoms with E-state index in [-0.39, 0.29) is 23.5 Å². The summed E-state index contributed by atoms with van der Waals surface area (Å²) in [6.45, 7) is 2.06. The maximum Gasteiger partial charge on any atom is 0.272 e. The van der Waals surface area contributed by atoms with Crippen molar-refractivity contribution >= 4 is 11.6 Å². The number of rotatable bonds is 3. The van der Waals surface area contributed by atoms with Gasteiger partial charge in [-0.25, -0.2) is 9.50 Å². The number of fused-ring (bicyclic) bond motifs is 1. The standard InChI is InChI=1S/C22H24N4O3/c27-21-14-17(16-8-10-25(11-9-16)22(28)19-7-4-12-29-19)23-20-13-18(24-26(20)21)15-5-2-1-3-6-15/h1-3,5-6,13-14,16,19,24H,4,7-12H2. The second-order valence-electron chi connectivity index (χ2n) is 7.85. The van der Waals surface area contributed by atoms with Crippen molar-refractivity contribution in [3.63, 3.8) is 0 Å². The third-order valence-electron chi connectivity index (χ3n) is 5.99. The monoisotopic (exact) mass is 392 g/mol. The zero-order valence-electron chi connectivity index (χ0n) is 16.2. The summed E-state index contributed by atoms with van der Waals surface area (Å²) in [4.78, 5) is 31.8. The molecular formula is C22H24N4O3. The van der Waals surface area contributed by atoms with Crippen LogP contribution < -0.4 is 5.56 Å². The van der Waals surface area contributed by atoms with Gasteiger partial charge < -0.3 is 9.64 Å². The van der Waals surface area contributed by atoms with Crippen molar-refractivity contribution in [1.82, 2.24) is 19.5 Å². The maximum absolute atomic E-state index is 12.6. The number of H-pyrrole nitrogens is 1. The average Bonchev–Trinajstić information content (AvgIpc) is 3.44. The van der Waals surface area contributed by atoms with E-state index in [1.165, 1.54) is 4.52 Å². The van der Waals surface area contributed by atoms with Crippen LogP contribution in [0.2, 0.25) is 0 Å². The SMILES string of the molecule is O=C(C1CCCO1)N1CCC(c2cc(=O)n3[nH]c(-c4ccccc4)cc3n2)CC1. The van der Waals surface area contributed by atoms with Gasteiger partial charge in [0.25, 0.3) is 11.5 Å². The van der Waals surface area contributed by atoms with Gasteiger partial charge in [0.1, 0.15) is 6.10 Å². The van der Waals surface area contributed by atoms with Crippen LogP contribution in [0.1, 0.15) is 37.3 Å². The predicted molar refractivity (Wildman–Crippen MR) is 109 cm³/mol. The van der Waals surface area contributed by atoms with Crippen molar-refractivity contribution in [3.05, 3.63) is 58.5 Å². The van der Waals surface area contributed by atoms with Crippen LogP contribution in [0, 0.1) is 0 Å². The lowest BCUT2D eigenvalue weighted by atomic mass is 9.93. The molecule has 150 valence electrons. The molecule has 0 radical (unpaired) electrons. The number of nitrogens with zero attached hydrogens (tertiary/aromatic N) is 3. The predicted octanol–water partition coefficient (Wildman–Crippen LogP) is 2.57. The molecule has 2 aliphatic heterocycles. The summed E-state index contributed by atoms with van der Waals surface area (Å²) in [5.41, 5.74) is 3.22. The smallest absolute Gasteiger partial charge is 0.272 e. The normalized spacial score (nSPS) is 20.4. The van der Waals surface area contributed by atoms with Crippen molar-refractivity contribution in [3.8, 4) is 11.3 Å². The summed E-state index contributed by atoms with van der Waals surface area (Å²) in [6, 6.07) is 13.4. The Morgan fingerprint density at radius 2 is 1.90 bits per heavy atom. The highest BCUT2D eigenvalue weighted by Gasteiger charge is 2.31. The molecule has 0 aliphatic carbocycles. The molecule has 2 aliphatic rings. The van der Waals surface area contributed by atoms with Crippen molar-refractivity contribution < 1.29 is 9.53 Å². The molecule has 3 aromatic rings. The van der Waals surface area contributed by atoms with Crippen LogP contribution >= 0.6 is 0 Å². The number of carbonyl (C=O) groups excluding carboxylic acids is 1. The number of piperidine rings is 1. The minimum atomic E-state index is -0.262. The number of carbonyl (C=O) groups is 1. The molecule has 1 atom stereocenters. The number of hydrogen-bond donors (Lipinski definition) is 1. The number of likely N-dealkylation sites (tertiary alicyclic amines) is 1. The summed E-state index contributed by atoms with van der Waals surface area (Å²) < 4.78 is 7.02. The molecule has 2 saturated heterocycles. The lowest BCUT2D eigenvalue weighted by Crippen LogP contribution is -2.43. The maximum atomic E-state index is 12.6. The van der Waals surface area contributed by atoms with E-state index in [1.807, 2.05) is 41.3 Å². The molecule has 7 nitrogen and oxygen atoms in total. The Hall–Kier alpha value is -2.93. The summed E-state index contributed by atoms with van der Waals surface area (Å²) >= 11 is 0. The molecule has 7 heteroatoms. The zero-order valence-corrected chi connectivity index (χ0v) is 16.2. The van der Waals surface area contributed by atoms with Gasteiger partial charge in [-0.3, -0.25) is 14.7 Å². The van der Waals surface area contributed by atoms with E-state index in [9.17, 15) is 9.59 Å². The van der Waals surface area contributed by atoms with Gasteiger partial charge in [-0.15, -0.1) is 0 Å². The summed E-state index contributed by atoms with van der Waals surface area (Å²) in [5, 5.41) is 3.14. The molecule has 1 unspecified atom stereocenters. The summed E-state index contributed by atoms with van der Waals surface area (Å²) in [5.74, 6) is 0.305. The zero-order chi connectivity index (χ0) is 19.8. The first kappa shape index (κ1) is 18.1. The lowest BCUT2D eigenvalue weighted by Gasteiger charge is -2.33. The van der Waals surface area contributed by atoms with Gasteiger partial charge in [0, 0.05) is 37.7 Å². The van der Waals surface area contributed by atoms with Crippen LogP contribution in [0.3, 0.4) is 0 Å². The first-order chi connectivity index (χ1) is 14.2.